The number of nitrogens with one attached hydrogen (secondary N) is 1. The molecule has 25 heavy (non-hydrogen) atoms. The van der Waals surface area contributed by atoms with Gasteiger partial charge < -0.3 is 15.5 Å². The van der Waals surface area contributed by atoms with E-state index in [0.717, 1.165) is 24.9 Å². The van der Waals surface area contributed by atoms with Crippen LogP contribution in [0.4, 0.5) is 5.69 Å². The number of rotatable bonds is 15. The lowest BCUT2D eigenvalue weighted by Gasteiger charge is -2.12. The Morgan fingerprint density at radius 2 is 1.48 bits per heavy atom. The summed E-state index contributed by atoms with van der Waals surface area (Å²) in [7, 11) is 0. The summed E-state index contributed by atoms with van der Waals surface area (Å²) in [4.78, 5) is 10.8. The number of aliphatic hydroxyl groups is 1. The maximum atomic E-state index is 10.8. The zero-order valence-corrected chi connectivity index (χ0v) is 15.7. The lowest BCUT2D eigenvalue weighted by Crippen LogP contribution is -2.13. The highest BCUT2D eigenvalue weighted by molar-refractivity contribution is 5.87. The fourth-order valence-electron chi connectivity index (χ4n) is 2.95. The van der Waals surface area contributed by atoms with Crippen LogP contribution in [0.2, 0.25) is 0 Å². The zero-order chi connectivity index (χ0) is 18.3. The summed E-state index contributed by atoms with van der Waals surface area (Å²) >= 11 is 0. The van der Waals surface area contributed by atoms with Gasteiger partial charge in [0.05, 0.1) is 11.7 Å². The summed E-state index contributed by atoms with van der Waals surface area (Å²) in [6.45, 7) is 2.95. The molecular formula is C21H35NO3. The van der Waals surface area contributed by atoms with E-state index in [1.54, 1.807) is 24.3 Å². The van der Waals surface area contributed by atoms with Gasteiger partial charge in [0.25, 0.3) is 0 Å². The molecule has 3 N–H and O–H groups in total. The first-order valence-corrected chi connectivity index (χ1v) is 9.88. The highest BCUT2D eigenvalue weighted by atomic mass is 16.4. The van der Waals surface area contributed by atoms with E-state index in [0.29, 0.717) is 6.54 Å². The molecule has 0 aliphatic rings. The van der Waals surface area contributed by atoms with Crippen LogP contribution in [0.5, 0.6) is 0 Å². The Labute approximate surface area is 152 Å². The summed E-state index contributed by atoms with van der Waals surface area (Å²) in [5.74, 6) is -0.914. The molecule has 0 saturated carbocycles. The van der Waals surface area contributed by atoms with Gasteiger partial charge in [-0.3, -0.25) is 0 Å². The largest absolute Gasteiger partial charge is 0.478 e. The van der Waals surface area contributed by atoms with Crippen molar-refractivity contribution in [3.63, 3.8) is 0 Å². The Kier molecular flexibility index (Phi) is 11.8. The number of hydrogen-bond acceptors (Lipinski definition) is 3. The van der Waals surface area contributed by atoms with Crippen molar-refractivity contribution >= 4 is 11.7 Å². The fraction of sp³-hybridized carbons (Fsp3) is 0.667. The molecule has 0 amide bonds. The Hall–Kier alpha value is -1.55. The van der Waals surface area contributed by atoms with Gasteiger partial charge in [-0.15, -0.1) is 0 Å². The van der Waals surface area contributed by atoms with Crippen LogP contribution in [0.3, 0.4) is 0 Å². The molecule has 0 bridgehead atoms. The smallest absolute Gasteiger partial charge is 0.335 e. The Balaban J connectivity index is 1.98. The van der Waals surface area contributed by atoms with Gasteiger partial charge in [-0.2, -0.15) is 0 Å². The number of carboxylic acids is 1. The van der Waals surface area contributed by atoms with Crippen molar-refractivity contribution in [2.75, 3.05) is 11.9 Å². The molecule has 142 valence electrons. The van der Waals surface area contributed by atoms with E-state index in [-0.39, 0.29) is 11.7 Å². The summed E-state index contributed by atoms with van der Waals surface area (Å²) in [6.07, 6.45) is 13.0. The lowest BCUT2D eigenvalue weighted by molar-refractivity contribution is 0.0697. The topological polar surface area (TPSA) is 69.6 Å². The lowest BCUT2D eigenvalue weighted by atomic mass is 10.0. The first-order chi connectivity index (χ1) is 12.1. The van der Waals surface area contributed by atoms with Crippen LogP contribution in [-0.4, -0.2) is 28.8 Å². The SMILES string of the molecule is CCCCCCCCCCCC(O)CCNc1ccc(C(=O)O)cc1. The molecule has 1 atom stereocenters. The average molecular weight is 350 g/mol. The molecule has 1 aromatic carbocycles. The standard InChI is InChI=1S/C21H35NO3/c1-2-3-4-5-6-7-8-9-10-11-20(23)16-17-22-19-14-12-18(13-15-19)21(24)25/h12-15,20,22-23H,2-11,16-17H2,1H3,(H,24,25). The number of anilines is 1. The molecule has 0 radical (unpaired) electrons. The minimum absolute atomic E-state index is 0.254. The predicted octanol–water partition coefficient (Wildman–Crippen LogP) is 5.47. The third kappa shape index (κ3) is 10.8. The molecule has 0 saturated heterocycles. The van der Waals surface area contributed by atoms with E-state index < -0.39 is 5.97 Å². The summed E-state index contributed by atoms with van der Waals surface area (Å²) in [5, 5.41) is 22.1. The number of aromatic carboxylic acids is 1. The average Bonchev–Trinajstić information content (AvgIpc) is 2.61. The van der Waals surface area contributed by atoms with Gasteiger partial charge in [0.15, 0.2) is 0 Å². The number of unbranched alkanes of at least 4 members (excludes halogenated alkanes) is 8. The molecule has 1 unspecified atom stereocenters. The second kappa shape index (κ2) is 13.7. The molecule has 0 fully saturated rings. The van der Waals surface area contributed by atoms with Crippen LogP contribution in [0.25, 0.3) is 0 Å². The molecule has 0 heterocycles. The summed E-state index contributed by atoms with van der Waals surface area (Å²) in [5.41, 5.74) is 1.18. The first-order valence-electron chi connectivity index (χ1n) is 9.88. The van der Waals surface area contributed by atoms with E-state index in [9.17, 15) is 9.90 Å². The van der Waals surface area contributed by atoms with Crippen molar-refractivity contribution in [1.29, 1.82) is 0 Å². The van der Waals surface area contributed by atoms with Crippen LogP contribution in [0, 0.1) is 0 Å². The number of benzene rings is 1. The highest BCUT2D eigenvalue weighted by Gasteiger charge is 2.05. The zero-order valence-electron chi connectivity index (χ0n) is 15.7. The van der Waals surface area contributed by atoms with Crippen molar-refractivity contribution in [1.82, 2.24) is 0 Å². The Bertz CT molecular complexity index is 459. The fourth-order valence-corrected chi connectivity index (χ4v) is 2.95. The molecule has 4 heteroatoms. The van der Waals surface area contributed by atoms with Crippen LogP contribution >= 0.6 is 0 Å². The van der Waals surface area contributed by atoms with Crippen LogP contribution in [0.1, 0.15) is 87.9 Å². The molecule has 1 rings (SSSR count). The summed E-state index contributed by atoms with van der Waals surface area (Å²) in [6, 6.07) is 6.69. The second-order valence-corrected chi connectivity index (χ2v) is 6.87. The van der Waals surface area contributed by atoms with E-state index in [2.05, 4.69) is 12.2 Å². The minimum Gasteiger partial charge on any atom is -0.478 e. The van der Waals surface area contributed by atoms with E-state index in [1.165, 1.54) is 51.4 Å². The second-order valence-electron chi connectivity index (χ2n) is 6.87. The van der Waals surface area contributed by atoms with E-state index in [1.807, 2.05) is 0 Å². The van der Waals surface area contributed by atoms with E-state index in [4.69, 9.17) is 5.11 Å². The predicted molar refractivity (Wildman–Crippen MR) is 104 cm³/mol. The quantitative estimate of drug-likeness (QED) is 0.367. The van der Waals surface area contributed by atoms with Gasteiger partial charge in [0.2, 0.25) is 0 Å². The van der Waals surface area contributed by atoms with Crippen LogP contribution in [0.15, 0.2) is 24.3 Å². The van der Waals surface area contributed by atoms with Gasteiger partial charge in [0, 0.05) is 12.2 Å². The Morgan fingerprint density at radius 3 is 2.04 bits per heavy atom. The van der Waals surface area contributed by atoms with Gasteiger partial charge in [-0.1, -0.05) is 64.7 Å². The number of hydrogen-bond donors (Lipinski definition) is 3. The first kappa shape index (κ1) is 21.5. The van der Waals surface area contributed by atoms with Crippen molar-refractivity contribution in [2.24, 2.45) is 0 Å². The van der Waals surface area contributed by atoms with Crippen molar-refractivity contribution in [3.8, 4) is 0 Å². The summed E-state index contributed by atoms with van der Waals surface area (Å²) < 4.78 is 0. The molecule has 4 nitrogen and oxygen atoms in total. The third-order valence-corrected chi connectivity index (χ3v) is 4.58. The van der Waals surface area contributed by atoms with Crippen LogP contribution in [-0.2, 0) is 0 Å². The van der Waals surface area contributed by atoms with Gasteiger partial charge in [-0.05, 0) is 37.1 Å². The molecule has 0 aromatic heterocycles. The van der Waals surface area contributed by atoms with Crippen molar-refractivity contribution < 1.29 is 15.0 Å². The molecule has 0 aliphatic carbocycles. The van der Waals surface area contributed by atoms with Gasteiger partial charge in [-0.25, -0.2) is 4.79 Å². The maximum Gasteiger partial charge on any atom is 0.335 e. The maximum absolute atomic E-state index is 10.8. The van der Waals surface area contributed by atoms with Gasteiger partial charge in [0.1, 0.15) is 0 Å². The van der Waals surface area contributed by atoms with E-state index >= 15 is 0 Å². The molecule has 0 spiro atoms. The number of carbonyl (C=O) groups is 1. The van der Waals surface area contributed by atoms with Crippen LogP contribution < -0.4 is 5.32 Å². The monoisotopic (exact) mass is 349 g/mol. The van der Waals surface area contributed by atoms with Crippen molar-refractivity contribution in [3.05, 3.63) is 29.8 Å². The minimum atomic E-state index is -0.914. The van der Waals surface area contributed by atoms with Crippen molar-refractivity contribution in [2.45, 2.75) is 83.7 Å². The molecule has 0 aliphatic heterocycles. The highest BCUT2D eigenvalue weighted by Crippen LogP contribution is 2.13. The number of carboxylic acid groups (broad SMARTS) is 1. The number of aliphatic hydroxyl groups excluding tert-OH is 1. The normalized spacial score (nSPS) is 12.1. The third-order valence-electron chi connectivity index (χ3n) is 4.58. The Morgan fingerprint density at radius 1 is 0.920 bits per heavy atom. The molecule has 1 aromatic rings. The molecular weight excluding hydrogens is 314 g/mol. The van der Waals surface area contributed by atoms with Gasteiger partial charge >= 0.3 is 5.97 Å².